The van der Waals surface area contributed by atoms with Crippen LogP contribution in [-0.2, 0) is 16.6 Å². The average Bonchev–Trinajstić information content (AvgIpc) is 2.76. The summed E-state index contributed by atoms with van der Waals surface area (Å²) >= 11 is 1.57. The van der Waals surface area contributed by atoms with E-state index < -0.39 is 10.0 Å². The van der Waals surface area contributed by atoms with E-state index in [4.69, 9.17) is 5.26 Å². The molecule has 0 bridgehead atoms. The van der Waals surface area contributed by atoms with Crippen molar-refractivity contribution in [3.63, 3.8) is 0 Å². The molecule has 0 radical (unpaired) electrons. The first-order valence-electron chi connectivity index (χ1n) is 5.99. The summed E-state index contributed by atoms with van der Waals surface area (Å²) in [7, 11) is -3.67. The maximum Gasteiger partial charge on any atom is 0.242 e. The van der Waals surface area contributed by atoms with E-state index in [1.165, 1.54) is 17.0 Å². The Bertz CT molecular complexity index is 751. The van der Waals surface area contributed by atoms with E-state index in [1.54, 1.807) is 23.5 Å². The summed E-state index contributed by atoms with van der Waals surface area (Å²) in [6.07, 6.45) is 0. The fraction of sp³-hybridized carbons (Fsp3) is 0.214. The lowest BCUT2D eigenvalue weighted by Crippen LogP contribution is -2.23. The van der Waals surface area contributed by atoms with Gasteiger partial charge >= 0.3 is 0 Å². The van der Waals surface area contributed by atoms with E-state index >= 15 is 0 Å². The maximum atomic E-state index is 12.2. The number of aryl methyl sites for hydroxylation is 2. The van der Waals surface area contributed by atoms with E-state index in [9.17, 15) is 8.42 Å². The highest BCUT2D eigenvalue weighted by molar-refractivity contribution is 7.89. The fourth-order valence-electron chi connectivity index (χ4n) is 1.77. The number of nitrogens with zero attached hydrogens (tertiary/aromatic N) is 1. The van der Waals surface area contributed by atoms with Gasteiger partial charge in [-0.3, -0.25) is 0 Å². The Hall–Kier alpha value is -1.68. The summed E-state index contributed by atoms with van der Waals surface area (Å²) in [5, 5.41) is 8.97. The molecule has 2 aromatic rings. The minimum absolute atomic E-state index is 0.0208. The minimum Gasteiger partial charge on any atom is -0.207 e. The number of nitrogens with one attached hydrogen (secondary N) is 1. The Kier molecular flexibility index (Phi) is 4.23. The second kappa shape index (κ2) is 5.75. The van der Waals surface area contributed by atoms with Gasteiger partial charge in [-0.25, -0.2) is 13.1 Å². The number of thiophene rings is 1. The summed E-state index contributed by atoms with van der Waals surface area (Å²) < 4.78 is 27.0. The first-order chi connectivity index (χ1) is 9.44. The van der Waals surface area contributed by atoms with Gasteiger partial charge in [0.25, 0.3) is 0 Å². The highest BCUT2D eigenvalue weighted by Crippen LogP contribution is 2.21. The number of rotatable bonds is 4. The largest absolute Gasteiger partial charge is 0.242 e. The quantitative estimate of drug-likeness (QED) is 0.944. The minimum atomic E-state index is -3.67. The molecule has 1 N–H and O–H groups in total. The lowest BCUT2D eigenvalue weighted by Gasteiger charge is -2.06. The first-order valence-corrected chi connectivity index (χ1v) is 8.28. The monoisotopic (exact) mass is 306 g/mol. The molecule has 104 valence electrons. The Morgan fingerprint density at radius 2 is 2.00 bits per heavy atom. The number of sulfonamides is 1. The molecule has 0 aliphatic carbocycles. The van der Waals surface area contributed by atoms with Crippen LogP contribution < -0.4 is 4.72 Å². The van der Waals surface area contributed by atoms with E-state index in [2.05, 4.69) is 4.72 Å². The molecule has 0 aliphatic heterocycles. The maximum absolute atomic E-state index is 12.2. The Balaban J connectivity index is 2.22. The van der Waals surface area contributed by atoms with Crippen LogP contribution in [0.4, 0.5) is 0 Å². The van der Waals surface area contributed by atoms with Gasteiger partial charge in [0.2, 0.25) is 10.0 Å². The molecule has 20 heavy (non-hydrogen) atoms. The molecule has 0 spiro atoms. The Morgan fingerprint density at radius 3 is 2.60 bits per heavy atom. The summed E-state index contributed by atoms with van der Waals surface area (Å²) in [6.45, 7) is 4.24. The molecule has 4 nitrogen and oxygen atoms in total. The van der Waals surface area contributed by atoms with E-state index in [0.717, 1.165) is 10.4 Å². The molecule has 0 saturated carbocycles. The molecule has 2 rings (SSSR count). The first kappa shape index (κ1) is 14.7. The van der Waals surface area contributed by atoms with Crippen molar-refractivity contribution in [2.45, 2.75) is 25.3 Å². The van der Waals surface area contributed by atoms with E-state index in [1.807, 2.05) is 26.0 Å². The molecule has 0 amide bonds. The normalized spacial score (nSPS) is 11.2. The highest BCUT2D eigenvalue weighted by Gasteiger charge is 2.18. The van der Waals surface area contributed by atoms with Gasteiger partial charge in [-0.05, 0) is 37.6 Å². The molecular formula is C14H14N2O2S2. The van der Waals surface area contributed by atoms with Crippen LogP contribution >= 0.6 is 11.3 Å². The zero-order valence-electron chi connectivity index (χ0n) is 11.2. The van der Waals surface area contributed by atoms with Gasteiger partial charge in [-0.2, -0.15) is 5.26 Å². The van der Waals surface area contributed by atoms with Gasteiger partial charge < -0.3 is 0 Å². The van der Waals surface area contributed by atoms with Gasteiger partial charge in [-0.1, -0.05) is 12.1 Å². The van der Waals surface area contributed by atoms with Crippen molar-refractivity contribution in [2.75, 3.05) is 0 Å². The predicted molar refractivity (Wildman–Crippen MR) is 79.0 cm³/mol. The van der Waals surface area contributed by atoms with Crippen molar-refractivity contribution in [3.8, 4) is 6.07 Å². The SMILES string of the molecule is Cc1cc(CNS(=O)(=O)c2ccccc2C#N)sc1C. The number of nitriles is 1. The van der Waals surface area contributed by atoms with E-state index in [0.29, 0.717) is 0 Å². The Labute approximate surface area is 122 Å². The third kappa shape index (κ3) is 3.07. The van der Waals surface area contributed by atoms with Crippen LogP contribution in [0, 0.1) is 25.2 Å². The molecule has 0 unspecified atom stereocenters. The van der Waals surface area contributed by atoms with Crippen molar-refractivity contribution >= 4 is 21.4 Å². The number of benzene rings is 1. The zero-order valence-corrected chi connectivity index (χ0v) is 12.8. The molecule has 1 heterocycles. The van der Waals surface area contributed by atoms with Crippen molar-refractivity contribution in [1.29, 1.82) is 5.26 Å². The Morgan fingerprint density at radius 1 is 1.30 bits per heavy atom. The van der Waals surface area contributed by atoms with Crippen LogP contribution in [0.2, 0.25) is 0 Å². The van der Waals surface area contributed by atoms with Crippen LogP contribution in [0.3, 0.4) is 0 Å². The van der Waals surface area contributed by atoms with Gasteiger partial charge in [-0.15, -0.1) is 11.3 Å². The molecule has 1 aromatic carbocycles. The van der Waals surface area contributed by atoms with E-state index in [-0.39, 0.29) is 17.0 Å². The molecule has 0 atom stereocenters. The van der Waals surface area contributed by atoms with Crippen LogP contribution in [0.25, 0.3) is 0 Å². The number of hydrogen-bond acceptors (Lipinski definition) is 4. The molecule has 1 aromatic heterocycles. The lowest BCUT2D eigenvalue weighted by molar-refractivity contribution is 0.581. The van der Waals surface area contributed by atoms with Crippen molar-refractivity contribution in [1.82, 2.24) is 4.72 Å². The van der Waals surface area contributed by atoms with Gasteiger partial charge in [0, 0.05) is 16.3 Å². The summed E-state index contributed by atoms with van der Waals surface area (Å²) in [6, 6.07) is 10.0. The average molecular weight is 306 g/mol. The van der Waals surface area contributed by atoms with Crippen LogP contribution in [0.1, 0.15) is 20.9 Å². The second-order valence-electron chi connectivity index (χ2n) is 4.38. The standard InChI is InChI=1S/C14H14N2O2S2/c1-10-7-13(19-11(10)2)9-16-20(17,18)14-6-4-3-5-12(14)8-15/h3-7,16H,9H2,1-2H3. The number of hydrogen-bond donors (Lipinski definition) is 1. The van der Waals surface area contributed by atoms with Crippen LogP contribution in [0.15, 0.2) is 35.2 Å². The highest BCUT2D eigenvalue weighted by atomic mass is 32.2. The zero-order chi connectivity index (χ0) is 14.8. The van der Waals surface area contributed by atoms with Crippen molar-refractivity contribution < 1.29 is 8.42 Å². The van der Waals surface area contributed by atoms with Crippen LogP contribution in [0.5, 0.6) is 0 Å². The van der Waals surface area contributed by atoms with Gasteiger partial charge in [0.15, 0.2) is 0 Å². The molecule has 6 heteroatoms. The molecule has 0 saturated heterocycles. The second-order valence-corrected chi connectivity index (χ2v) is 7.46. The van der Waals surface area contributed by atoms with Gasteiger partial charge in [0.05, 0.1) is 10.5 Å². The predicted octanol–water partition coefficient (Wildman–Crippen LogP) is 2.72. The van der Waals surface area contributed by atoms with Crippen LogP contribution in [-0.4, -0.2) is 8.42 Å². The smallest absolute Gasteiger partial charge is 0.207 e. The molecular weight excluding hydrogens is 292 g/mol. The van der Waals surface area contributed by atoms with Crippen molar-refractivity contribution in [3.05, 3.63) is 51.2 Å². The molecule has 0 fully saturated rings. The summed E-state index contributed by atoms with van der Waals surface area (Å²) in [4.78, 5) is 2.15. The summed E-state index contributed by atoms with van der Waals surface area (Å²) in [5.41, 5.74) is 1.31. The fourth-order valence-corrected chi connectivity index (χ4v) is 4.02. The topological polar surface area (TPSA) is 70.0 Å². The van der Waals surface area contributed by atoms with Crippen molar-refractivity contribution in [2.24, 2.45) is 0 Å². The molecule has 0 aliphatic rings. The lowest BCUT2D eigenvalue weighted by atomic mass is 10.2. The third-order valence-corrected chi connectivity index (χ3v) is 5.56. The third-order valence-electron chi connectivity index (χ3n) is 2.95. The summed E-state index contributed by atoms with van der Waals surface area (Å²) in [5.74, 6) is 0. The van der Waals surface area contributed by atoms with Gasteiger partial charge in [0.1, 0.15) is 6.07 Å².